The van der Waals surface area contributed by atoms with Crippen molar-refractivity contribution in [3.05, 3.63) is 71.3 Å². The van der Waals surface area contributed by atoms with Gasteiger partial charge in [0, 0.05) is 18.7 Å². The number of nitrogens with zero attached hydrogens (tertiary/aromatic N) is 2. The van der Waals surface area contributed by atoms with Gasteiger partial charge < -0.3 is 15.1 Å². The van der Waals surface area contributed by atoms with E-state index in [4.69, 9.17) is 0 Å². The van der Waals surface area contributed by atoms with Gasteiger partial charge in [-0.2, -0.15) is 0 Å². The van der Waals surface area contributed by atoms with Crippen LogP contribution < -0.4 is 5.32 Å². The van der Waals surface area contributed by atoms with Crippen LogP contribution >= 0.6 is 11.8 Å². The van der Waals surface area contributed by atoms with Gasteiger partial charge in [-0.1, -0.05) is 42.5 Å². The van der Waals surface area contributed by atoms with Crippen LogP contribution in [0.5, 0.6) is 0 Å². The minimum Gasteiger partial charge on any atom is -0.352 e. The molecule has 1 unspecified atom stereocenters. The zero-order valence-electron chi connectivity index (χ0n) is 17.3. The highest BCUT2D eigenvalue weighted by atomic mass is 32.2. The zero-order valence-corrected chi connectivity index (χ0v) is 18.1. The van der Waals surface area contributed by atoms with Crippen molar-refractivity contribution >= 4 is 23.6 Å². The van der Waals surface area contributed by atoms with Crippen molar-refractivity contribution in [1.29, 1.82) is 0 Å². The molecule has 30 heavy (non-hydrogen) atoms. The summed E-state index contributed by atoms with van der Waals surface area (Å²) in [6, 6.07) is 17.8. The molecule has 0 spiro atoms. The molecule has 0 aliphatic carbocycles. The monoisotopic (exact) mass is 423 g/mol. The van der Waals surface area contributed by atoms with Gasteiger partial charge in [-0.05, 0) is 62.2 Å². The molecular weight excluding hydrogens is 394 g/mol. The molecule has 2 aliphatic heterocycles. The maximum Gasteiger partial charge on any atom is 0.251 e. The van der Waals surface area contributed by atoms with Crippen LogP contribution in [0.1, 0.15) is 46.1 Å². The van der Waals surface area contributed by atoms with Gasteiger partial charge in [0.05, 0.1) is 5.75 Å². The van der Waals surface area contributed by atoms with Crippen LogP contribution in [-0.4, -0.2) is 53.5 Å². The first kappa shape index (κ1) is 20.9. The highest BCUT2D eigenvalue weighted by Gasteiger charge is 2.32. The number of nitrogens with one attached hydrogen (secondary N) is 1. The van der Waals surface area contributed by atoms with Gasteiger partial charge in [0.15, 0.2) is 0 Å². The summed E-state index contributed by atoms with van der Waals surface area (Å²) < 4.78 is 0. The Morgan fingerprint density at radius 1 is 1.03 bits per heavy atom. The minimum atomic E-state index is -0.0285. The number of amides is 2. The lowest BCUT2D eigenvalue weighted by atomic mass is 10.1. The van der Waals surface area contributed by atoms with Crippen LogP contribution in [0.4, 0.5) is 0 Å². The summed E-state index contributed by atoms with van der Waals surface area (Å²) in [6.07, 6.45) is 3.58. The number of benzene rings is 2. The molecule has 2 aromatic rings. The maximum atomic E-state index is 12.4. The summed E-state index contributed by atoms with van der Waals surface area (Å²) in [5.74, 6) is 0.629. The lowest BCUT2D eigenvalue weighted by Crippen LogP contribution is -2.29. The van der Waals surface area contributed by atoms with Crippen LogP contribution in [0, 0.1) is 0 Å². The number of likely N-dealkylation sites (tertiary alicyclic amines) is 1. The molecule has 0 radical (unpaired) electrons. The fourth-order valence-corrected chi connectivity index (χ4v) is 5.28. The summed E-state index contributed by atoms with van der Waals surface area (Å²) in [6.45, 7) is 4.76. The second-order valence-electron chi connectivity index (χ2n) is 7.95. The number of hydrogen-bond donors (Lipinski definition) is 1. The molecule has 0 bridgehead atoms. The molecule has 2 fully saturated rings. The molecule has 2 aromatic carbocycles. The Kier molecular flexibility index (Phi) is 7.07. The third-order valence-corrected chi connectivity index (χ3v) is 7.01. The molecule has 2 saturated heterocycles. The lowest BCUT2D eigenvalue weighted by molar-refractivity contribution is -0.128. The van der Waals surface area contributed by atoms with Crippen molar-refractivity contribution < 1.29 is 9.59 Å². The Labute approximate surface area is 182 Å². The van der Waals surface area contributed by atoms with Crippen LogP contribution in [-0.2, 0) is 11.3 Å². The smallest absolute Gasteiger partial charge is 0.251 e. The Morgan fingerprint density at radius 3 is 2.50 bits per heavy atom. The van der Waals surface area contributed by atoms with Crippen molar-refractivity contribution in [2.45, 2.75) is 31.2 Å². The van der Waals surface area contributed by atoms with E-state index in [2.05, 4.69) is 10.2 Å². The summed E-state index contributed by atoms with van der Waals surface area (Å²) in [5, 5.41) is 3.02. The molecule has 2 aliphatic rings. The van der Waals surface area contributed by atoms with Gasteiger partial charge in [-0.3, -0.25) is 9.59 Å². The van der Waals surface area contributed by atoms with Crippen LogP contribution in [0.15, 0.2) is 54.6 Å². The Balaban J connectivity index is 1.31. The third kappa shape index (κ3) is 5.24. The number of carbonyl (C=O) groups excluding carboxylic acids is 2. The summed E-state index contributed by atoms with van der Waals surface area (Å²) in [7, 11) is 0. The first-order valence-corrected chi connectivity index (χ1v) is 11.8. The quantitative estimate of drug-likeness (QED) is 0.658. The van der Waals surface area contributed by atoms with E-state index in [0.29, 0.717) is 24.4 Å². The van der Waals surface area contributed by atoms with E-state index in [0.717, 1.165) is 24.1 Å². The van der Waals surface area contributed by atoms with Crippen molar-refractivity contribution in [1.82, 2.24) is 15.1 Å². The fraction of sp³-hybridized carbons (Fsp3) is 0.417. The highest BCUT2D eigenvalue weighted by molar-refractivity contribution is 8.00. The van der Waals surface area contributed by atoms with Gasteiger partial charge >= 0.3 is 0 Å². The molecule has 4 rings (SSSR count). The Morgan fingerprint density at radius 2 is 1.77 bits per heavy atom. The van der Waals surface area contributed by atoms with Gasteiger partial charge in [0.25, 0.3) is 5.91 Å². The van der Waals surface area contributed by atoms with E-state index >= 15 is 0 Å². The van der Waals surface area contributed by atoms with E-state index in [1.54, 1.807) is 11.8 Å². The molecule has 1 atom stereocenters. The van der Waals surface area contributed by atoms with Crippen LogP contribution in [0.3, 0.4) is 0 Å². The molecule has 2 heterocycles. The molecule has 5 nitrogen and oxygen atoms in total. The normalized spacial score (nSPS) is 19.4. The topological polar surface area (TPSA) is 52.7 Å². The third-order valence-electron chi connectivity index (χ3n) is 5.76. The van der Waals surface area contributed by atoms with Crippen molar-refractivity contribution in [2.24, 2.45) is 0 Å². The molecule has 0 saturated carbocycles. The lowest BCUT2D eigenvalue weighted by Gasteiger charge is -2.24. The van der Waals surface area contributed by atoms with Crippen molar-refractivity contribution in [2.75, 3.05) is 31.9 Å². The average Bonchev–Trinajstić information content (AvgIpc) is 3.42. The van der Waals surface area contributed by atoms with Crippen LogP contribution in [0.25, 0.3) is 0 Å². The minimum absolute atomic E-state index is 0.00437. The standard InChI is InChI=1S/C24H29N3O2S/c28-22-18-30-24(27(22)17-19-7-2-1-3-8-19)21-11-9-20(10-12-21)23(29)25-13-6-16-26-14-4-5-15-26/h1-3,7-12,24H,4-6,13-18H2,(H,25,29). The Bertz CT molecular complexity index is 851. The van der Waals surface area contributed by atoms with Crippen LogP contribution in [0.2, 0.25) is 0 Å². The first-order chi connectivity index (χ1) is 14.7. The number of thioether (sulfide) groups is 1. The van der Waals surface area contributed by atoms with E-state index in [1.165, 1.54) is 25.9 Å². The average molecular weight is 424 g/mol. The molecule has 2 amide bonds. The number of hydrogen-bond acceptors (Lipinski definition) is 4. The van der Waals surface area contributed by atoms with Gasteiger partial charge in [0.2, 0.25) is 5.91 Å². The SMILES string of the molecule is O=C(NCCCN1CCCC1)c1ccc(C2SCC(=O)N2Cc2ccccc2)cc1. The predicted octanol–water partition coefficient (Wildman–Crippen LogP) is 3.68. The molecule has 0 aromatic heterocycles. The summed E-state index contributed by atoms with van der Waals surface area (Å²) >= 11 is 1.65. The largest absolute Gasteiger partial charge is 0.352 e. The number of rotatable bonds is 8. The zero-order chi connectivity index (χ0) is 20.8. The van der Waals surface area contributed by atoms with E-state index < -0.39 is 0 Å². The Hall–Kier alpha value is -2.31. The summed E-state index contributed by atoms with van der Waals surface area (Å²) in [4.78, 5) is 29.2. The van der Waals surface area contributed by atoms with E-state index in [9.17, 15) is 9.59 Å². The second-order valence-corrected chi connectivity index (χ2v) is 9.02. The first-order valence-electron chi connectivity index (χ1n) is 10.8. The highest BCUT2D eigenvalue weighted by Crippen LogP contribution is 2.39. The molecule has 6 heteroatoms. The van der Waals surface area contributed by atoms with Gasteiger partial charge in [-0.25, -0.2) is 0 Å². The van der Waals surface area contributed by atoms with E-state index in [-0.39, 0.29) is 17.2 Å². The molecule has 1 N–H and O–H groups in total. The van der Waals surface area contributed by atoms with E-state index in [1.807, 2.05) is 59.5 Å². The van der Waals surface area contributed by atoms with Gasteiger partial charge in [-0.15, -0.1) is 11.8 Å². The predicted molar refractivity (Wildman–Crippen MR) is 121 cm³/mol. The van der Waals surface area contributed by atoms with Gasteiger partial charge in [0.1, 0.15) is 5.37 Å². The molecular formula is C24H29N3O2S. The van der Waals surface area contributed by atoms with Crippen molar-refractivity contribution in [3.8, 4) is 0 Å². The maximum absolute atomic E-state index is 12.4. The number of carbonyl (C=O) groups is 2. The second kappa shape index (κ2) is 10.1. The fourth-order valence-electron chi connectivity index (χ4n) is 4.09. The molecule has 158 valence electrons. The van der Waals surface area contributed by atoms with Crippen molar-refractivity contribution in [3.63, 3.8) is 0 Å². The summed E-state index contributed by atoms with van der Waals surface area (Å²) in [5.41, 5.74) is 2.86.